The van der Waals surface area contributed by atoms with Gasteiger partial charge in [0.1, 0.15) is 11.7 Å². The van der Waals surface area contributed by atoms with E-state index in [0.29, 0.717) is 5.75 Å². The standard InChI is InChI=1S/C10H10N2O6/c1-5(10(13)14)11-6-2-8-9(18-4-17-8)3-7(6)12(15)16/h2-3,5,11H,4H2,1H3,(H,13,14). The Balaban J connectivity index is 2.38. The highest BCUT2D eigenvalue weighted by atomic mass is 16.7. The summed E-state index contributed by atoms with van der Waals surface area (Å²) in [5.41, 5.74) is -0.175. The third kappa shape index (κ3) is 2.12. The van der Waals surface area contributed by atoms with Crippen LogP contribution >= 0.6 is 0 Å². The van der Waals surface area contributed by atoms with Gasteiger partial charge in [-0.25, -0.2) is 0 Å². The molecule has 0 radical (unpaired) electrons. The maximum Gasteiger partial charge on any atom is 0.325 e. The molecule has 96 valence electrons. The van der Waals surface area contributed by atoms with Crippen LogP contribution in [0.3, 0.4) is 0 Å². The van der Waals surface area contributed by atoms with E-state index in [1.54, 1.807) is 0 Å². The van der Waals surface area contributed by atoms with Gasteiger partial charge in [-0.05, 0) is 6.92 Å². The van der Waals surface area contributed by atoms with Gasteiger partial charge in [0.2, 0.25) is 6.79 Å². The normalized spacial score (nSPS) is 14.1. The molecule has 1 heterocycles. The number of nitro groups is 1. The maximum atomic E-state index is 10.9. The van der Waals surface area contributed by atoms with Crippen LogP contribution in [0.5, 0.6) is 11.5 Å². The van der Waals surface area contributed by atoms with Crippen molar-refractivity contribution in [3.8, 4) is 11.5 Å². The van der Waals surface area contributed by atoms with E-state index < -0.39 is 16.9 Å². The Bertz CT molecular complexity index is 515. The van der Waals surface area contributed by atoms with Crippen molar-refractivity contribution in [1.29, 1.82) is 0 Å². The molecule has 0 fully saturated rings. The fraction of sp³-hybridized carbons (Fsp3) is 0.300. The van der Waals surface area contributed by atoms with Gasteiger partial charge in [0.15, 0.2) is 11.5 Å². The number of carbonyl (C=O) groups is 1. The largest absolute Gasteiger partial charge is 0.480 e. The maximum absolute atomic E-state index is 10.9. The SMILES string of the molecule is CC(Nc1cc2c(cc1[N+](=O)[O-])OCO2)C(=O)O. The minimum Gasteiger partial charge on any atom is -0.480 e. The number of nitrogens with one attached hydrogen (secondary N) is 1. The van der Waals surface area contributed by atoms with Gasteiger partial charge in [-0.15, -0.1) is 0 Å². The predicted octanol–water partition coefficient (Wildman–Crippen LogP) is 1.21. The van der Waals surface area contributed by atoms with Crippen LogP contribution in [0.2, 0.25) is 0 Å². The molecule has 0 bridgehead atoms. The lowest BCUT2D eigenvalue weighted by molar-refractivity contribution is -0.384. The van der Waals surface area contributed by atoms with E-state index in [2.05, 4.69) is 5.32 Å². The van der Waals surface area contributed by atoms with Crippen LogP contribution in [0.15, 0.2) is 12.1 Å². The fourth-order valence-corrected chi connectivity index (χ4v) is 1.49. The molecule has 1 atom stereocenters. The molecule has 1 aliphatic rings. The lowest BCUT2D eigenvalue weighted by Crippen LogP contribution is -2.25. The van der Waals surface area contributed by atoms with E-state index in [4.69, 9.17) is 14.6 Å². The summed E-state index contributed by atoms with van der Waals surface area (Å²) in [5.74, 6) is -0.488. The number of nitro benzene ring substituents is 1. The number of hydrogen-bond acceptors (Lipinski definition) is 6. The number of nitrogens with zero attached hydrogens (tertiary/aromatic N) is 1. The Hall–Kier alpha value is -2.51. The molecule has 8 nitrogen and oxygen atoms in total. The van der Waals surface area contributed by atoms with Gasteiger partial charge in [0.25, 0.3) is 5.69 Å². The Kier molecular flexibility index (Phi) is 2.92. The van der Waals surface area contributed by atoms with Crippen molar-refractivity contribution >= 4 is 17.3 Å². The Morgan fingerprint density at radius 2 is 2.11 bits per heavy atom. The summed E-state index contributed by atoms with van der Waals surface area (Å²) in [4.78, 5) is 21.0. The molecule has 8 heteroatoms. The zero-order valence-electron chi connectivity index (χ0n) is 9.37. The first-order chi connectivity index (χ1) is 8.49. The number of ether oxygens (including phenoxy) is 2. The van der Waals surface area contributed by atoms with E-state index in [1.807, 2.05) is 0 Å². The van der Waals surface area contributed by atoms with Crippen LogP contribution in [0.25, 0.3) is 0 Å². The molecule has 0 spiro atoms. The number of carboxylic acid groups (broad SMARTS) is 1. The first kappa shape index (κ1) is 12.0. The first-order valence-electron chi connectivity index (χ1n) is 5.06. The summed E-state index contributed by atoms with van der Waals surface area (Å²) in [7, 11) is 0. The smallest absolute Gasteiger partial charge is 0.325 e. The minimum absolute atomic E-state index is 0.00950. The van der Waals surface area contributed by atoms with Crippen LogP contribution in [0.4, 0.5) is 11.4 Å². The van der Waals surface area contributed by atoms with Crippen molar-refractivity contribution in [1.82, 2.24) is 0 Å². The molecule has 18 heavy (non-hydrogen) atoms. The number of carboxylic acids is 1. The summed E-state index contributed by atoms with van der Waals surface area (Å²) in [6.45, 7) is 1.38. The highest BCUT2D eigenvalue weighted by molar-refractivity contribution is 5.79. The average molecular weight is 254 g/mol. The second-order valence-corrected chi connectivity index (χ2v) is 3.68. The Morgan fingerprint density at radius 3 is 2.67 bits per heavy atom. The van der Waals surface area contributed by atoms with Gasteiger partial charge in [0, 0.05) is 6.07 Å². The predicted molar refractivity (Wildman–Crippen MR) is 59.9 cm³/mol. The van der Waals surface area contributed by atoms with Gasteiger partial charge in [-0.3, -0.25) is 14.9 Å². The van der Waals surface area contributed by atoms with Crippen molar-refractivity contribution in [2.24, 2.45) is 0 Å². The molecule has 0 aromatic heterocycles. The Labute approximate surface area is 101 Å². The van der Waals surface area contributed by atoms with Crippen molar-refractivity contribution in [3.05, 3.63) is 22.2 Å². The van der Waals surface area contributed by atoms with Gasteiger partial charge in [0.05, 0.1) is 11.0 Å². The summed E-state index contributed by atoms with van der Waals surface area (Å²) < 4.78 is 10.1. The van der Waals surface area contributed by atoms with Crippen LogP contribution in [-0.4, -0.2) is 28.8 Å². The number of benzene rings is 1. The number of fused-ring (bicyclic) bond motifs is 1. The first-order valence-corrected chi connectivity index (χ1v) is 5.06. The Morgan fingerprint density at radius 1 is 1.50 bits per heavy atom. The van der Waals surface area contributed by atoms with E-state index in [0.717, 1.165) is 0 Å². The van der Waals surface area contributed by atoms with E-state index >= 15 is 0 Å². The van der Waals surface area contributed by atoms with Gasteiger partial charge >= 0.3 is 5.97 Å². The number of aliphatic carboxylic acids is 1. The average Bonchev–Trinajstić information content (AvgIpc) is 2.74. The molecule has 0 aliphatic carbocycles. The fourth-order valence-electron chi connectivity index (χ4n) is 1.49. The topological polar surface area (TPSA) is 111 Å². The quantitative estimate of drug-likeness (QED) is 0.613. The molecular formula is C10H10N2O6. The van der Waals surface area contributed by atoms with Crippen LogP contribution < -0.4 is 14.8 Å². The molecule has 1 aromatic rings. The highest BCUT2D eigenvalue weighted by Crippen LogP contribution is 2.40. The second-order valence-electron chi connectivity index (χ2n) is 3.68. The minimum atomic E-state index is -1.11. The van der Waals surface area contributed by atoms with Crippen molar-refractivity contribution in [2.75, 3.05) is 12.1 Å². The van der Waals surface area contributed by atoms with Crippen molar-refractivity contribution < 1.29 is 24.3 Å². The van der Waals surface area contributed by atoms with Crippen molar-refractivity contribution in [3.63, 3.8) is 0 Å². The highest BCUT2D eigenvalue weighted by Gasteiger charge is 2.25. The van der Waals surface area contributed by atoms with Gasteiger partial charge in [-0.1, -0.05) is 0 Å². The monoisotopic (exact) mass is 254 g/mol. The molecule has 0 saturated heterocycles. The molecular weight excluding hydrogens is 244 g/mol. The summed E-state index contributed by atoms with van der Waals surface area (Å²) >= 11 is 0. The zero-order valence-corrected chi connectivity index (χ0v) is 9.37. The summed E-state index contributed by atoms with van der Waals surface area (Å²) in [6.07, 6.45) is 0. The molecule has 1 aliphatic heterocycles. The van der Waals surface area contributed by atoms with Crippen LogP contribution in [0.1, 0.15) is 6.92 Å². The van der Waals surface area contributed by atoms with E-state index in [-0.39, 0.29) is 23.9 Å². The van der Waals surface area contributed by atoms with E-state index in [9.17, 15) is 14.9 Å². The van der Waals surface area contributed by atoms with Crippen molar-refractivity contribution in [2.45, 2.75) is 13.0 Å². The summed E-state index contributed by atoms with van der Waals surface area (Å²) in [6, 6.07) is 1.61. The van der Waals surface area contributed by atoms with Crippen LogP contribution in [-0.2, 0) is 4.79 Å². The molecule has 2 N–H and O–H groups in total. The van der Waals surface area contributed by atoms with Gasteiger partial charge in [-0.2, -0.15) is 0 Å². The zero-order chi connectivity index (χ0) is 13.3. The number of anilines is 1. The molecule has 1 unspecified atom stereocenters. The number of rotatable bonds is 4. The van der Waals surface area contributed by atoms with E-state index in [1.165, 1.54) is 19.1 Å². The molecule has 0 saturated carbocycles. The summed E-state index contributed by atoms with van der Waals surface area (Å²) in [5, 5.41) is 22.2. The molecule has 2 rings (SSSR count). The third-order valence-corrected chi connectivity index (χ3v) is 2.43. The lowest BCUT2D eigenvalue weighted by Gasteiger charge is -2.11. The second kappa shape index (κ2) is 4.40. The molecule has 0 amide bonds. The number of hydrogen-bond donors (Lipinski definition) is 2. The lowest BCUT2D eigenvalue weighted by atomic mass is 10.2. The molecule has 1 aromatic carbocycles. The van der Waals surface area contributed by atoms with Gasteiger partial charge < -0.3 is 19.9 Å². The third-order valence-electron chi connectivity index (χ3n) is 2.43. The van der Waals surface area contributed by atoms with Crippen LogP contribution in [0, 0.1) is 10.1 Å².